The Hall–Kier alpha value is -2.06. The predicted octanol–water partition coefficient (Wildman–Crippen LogP) is 6.17. The normalized spacial score (nSPS) is 12.1. The van der Waals surface area contributed by atoms with E-state index in [-0.39, 0.29) is 23.2 Å². The Morgan fingerprint density at radius 3 is 2.31 bits per heavy atom. The van der Waals surface area contributed by atoms with E-state index in [4.69, 9.17) is 9.47 Å². The van der Waals surface area contributed by atoms with E-state index in [0.717, 1.165) is 15.4 Å². The second kappa shape index (κ2) is 10.7. The Morgan fingerprint density at radius 1 is 1.12 bits per heavy atom. The molecular weight excluding hydrogens is 540 g/mol. The second-order valence-electron chi connectivity index (χ2n) is 9.40. The lowest BCUT2D eigenvalue weighted by Gasteiger charge is -2.33. The maximum Gasteiger partial charge on any atom is 0.277 e. The molecule has 0 saturated carbocycles. The first-order valence-electron chi connectivity index (χ1n) is 10.1. The minimum absolute atomic E-state index is 0.0230. The van der Waals surface area contributed by atoms with Gasteiger partial charge in [-0.1, -0.05) is 34.6 Å². The van der Waals surface area contributed by atoms with E-state index in [1.165, 1.54) is 25.0 Å². The summed E-state index contributed by atoms with van der Waals surface area (Å²) in [6, 6.07) is 8.84. The highest BCUT2D eigenvalue weighted by atomic mass is 79.9. The summed E-state index contributed by atoms with van der Waals surface area (Å²) in [4.78, 5) is 12.1. The molecule has 2 aromatic rings. The molecular formula is C24H30Br2N2O4. The summed E-state index contributed by atoms with van der Waals surface area (Å²) >= 11 is 7.15. The van der Waals surface area contributed by atoms with Crippen molar-refractivity contribution in [2.75, 3.05) is 13.7 Å². The van der Waals surface area contributed by atoms with E-state index in [1.54, 1.807) is 12.1 Å². The van der Waals surface area contributed by atoms with E-state index in [9.17, 15) is 9.90 Å². The fourth-order valence-electron chi connectivity index (χ4n) is 3.64. The van der Waals surface area contributed by atoms with Gasteiger partial charge in [0.2, 0.25) is 0 Å². The molecule has 174 valence electrons. The summed E-state index contributed by atoms with van der Waals surface area (Å²) in [6.45, 7) is 10.9. The van der Waals surface area contributed by atoms with E-state index in [2.05, 4.69) is 77.0 Å². The largest absolute Gasteiger partial charge is 0.504 e. The quantitative estimate of drug-likeness (QED) is 0.294. The molecule has 2 aromatic carbocycles. The third-order valence-corrected chi connectivity index (χ3v) is 5.88. The van der Waals surface area contributed by atoms with Gasteiger partial charge in [0.05, 0.1) is 22.3 Å². The number of ether oxygens (including phenoxy) is 2. The molecule has 0 heterocycles. The molecule has 0 spiro atoms. The number of halogens is 2. The smallest absolute Gasteiger partial charge is 0.277 e. The number of nitrogens with zero attached hydrogens (tertiary/aromatic N) is 1. The van der Waals surface area contributed by atoms with Gasteiger partial charge in [0.15, 0.2) is 18.1 Å². The van der Waals surface area contributed by atoms with Crippen molar-refractivity contribution in [1.82, 2.24) is 5.43 Å². The first kappa shape index (κ1) is 26.2. The van der Waals surface area contributed by atoms with Crippen LogP contribution >= 0.6 is 31.9 Å². The second-order valence-corrected chi connectivity index (χ2v) is 11.1. The van der Waals surface area contributed by atoms with Gasteiger partial charge in [0, 0.05) is 0 Å². The molecule has 0 aromatic heterocycles. The van der Waals surface area contributed by atoms with Crippen LogP contribution in [0.2, 0.25) is 0 Å². The van der Waals surface area contributed by atoms with Gasteiger partial charge < -0.3 is 14.6 Å². The molecule has 32 heavy (non-hydrogen) atoms. The molecule has 0 aliphatic heterocycles. The van der Waals surface area contributed by atoms with Gasteiger partial charge in [-0.3, -0.25) is 4.79 Å². The van der Waals surface area contributed by atoms with Crippen molar-refractivity contribution in [1.29, 1.82) is 0 Å². The van der Waals surface area contributed by atoms with Crippen molar-refractivity contribution >= 4 is 44.0 Å². The number of rotatable bonds is 8. The number of nitrogens with one attached hydrogen (secondary N) is 1. The fraction of sp³-hybridized carbons (Fsp3) is 0.417. The summed E-state index contributed by atoms with van der Waals surface area (Å²) in [6.07, 6.45) is 2.48. The van der Waals surface area contributed by atoms with Crippen molar-refractivity contribution in [2.24, 2.45) is 10.5 Å². The topological polar surface area (TPSA) is 80.2 Å². The monoisotopic (exact) mass is 568 g/mol. The van der Waals surface area contributed by atoms with Gasteiger partial charge in [-0.25, -0.2) is 5.43 Å². The number of hydrazone groups is 1. The average Bonchev–Trinajstić information content (AvgIpc) is 2.66. The minimum atomic E-state index is -0.400. The maximum absolute atomic E-state index is 12.1. The van der Waals surface area contributed by atoms with Gasteiger partial charge >= 0.3 is 0 Å². The molecule has 0 atom stereocenters. The van der Waals surface area contributed by atoms with Gasteiger partial charge in [-0.15, -0.1) is 0 Å². The Kier molecular flexibility index (Phi) is 8.76. The number of carbonyl (C=O) groups is 1. The SMILES string of the molecule is COc1cc(/C=N\NC(=O)COc2c(Br)cc(C(C)(C)CC(C)(C)C)cc2Br)ccc1O. The Bertz CT molecular complexity index is 975. The Morgan fingerprint density at radius 2 is 1.75 bits per heavy atom. The van der Waals surface area contributed by atoms with Crippen LogP contribution in [0.3, 0.4) is 0 Å². The van der Waals surface area contributed by atoms with E-state index >= 15 is 0 Å². The number of hydrogen-bond donors (Lipinski definition) is 2. The van der Waals surface area contributed by atoms with Gasteiger partial charge in [0.1, 0.15) is 5.75 Å². The van der Waals surface area contributed by atoms with Crippen LogP contribution in [0.15, 0.2) is 44.4 Å². The van der Waals surface area contributed by atoms with Crippen LogP contribution in [0.5, 0.6) is 17.2 Å². The summed E-state index contributed by atoms with van der Waals surface area (Å²) in [5, 5.41) is 13.5. The maximum atomic E-state index is 12.1. The van der Waals surface area contributed by atoms with Crippen LogP contribution in [0.25, 0.3) is 0 Å². The molecule has 0 aliphatic rings. The highest BCUT2D eigenvalue weighted by Gasteiger charge is 2.28. The molecule has 0 unspecified atom stereocenters. The van der Waals surface area contributed by atoms with Crippen molar-refractivity contribution in [3.05, 3.63) is 50.4 Å². The minimum Gasteiger partial charge on any atom is -0.504 e. The molecule has 0 fully saturated rings. The van der Waals surface area contributed by atoms with Crippen molar-refractivity contribution in [2.45, 2.75) is 46.5 Å². The predicted molar refractivity (Wildman–Crippen MR) is 135 cm³/mol. The third kappa shape index (κ3) is 7.52. The molecule has 8 heteroatoms. The van der Waals surface area contributed by atoms with Crippen molar-refractivity contribution < 1.29 is 19.4 Å². The number of amides is 1. The van der Waals surface area contributed by atoms with Crippen LogP contribution in [-0.2, 0) is 10.2 Å². The lowest BCUT2D eigenvalue weighted by molar-refractivity contribution is -0.123. The molecule has 0 radical (unpaired) electrons. The van der Waals surface area contributed by atoms with Gasteiger partial charge in [0.25, 0.3) is 5.91 Å². The summed E-state index contributed by atoms with van der Waals surface area (Å²) < 4.78 is 12.3. The lowest BCUT2D eigenvalue weighted by Crippen LogP contribution is -2.26. The zero-order chi connectivity index (χ0) is 24.1. The number of carbonyl (C=O) groups excluding carboxylic acids is 1. The molecule has 2 rings (SSSR count). The Labute approximate surface area is 206 Å². The molecule has 0 bridgehead atoms. The van der Waals surface area contributed by atoms with Crippen molar-refractivity contribution in [3.8, 4) is 17.2 Å². The first-order chi connectivity index (χ1) is 14.8. The average molecular weight is 570 g/mol. The number of phenolic OH excluding ortho intramolecular Hbond substituents is 1. The summed E-state index contributed by atoms with van der Waals surface area (Å²) in [5.74, 6) is 0.518. The number of benzene rings is 2. The number of methoxy groups -OCH3 is 1. The van der Waals surface area contributed by atoms with E-state index in [1.807, 2.05) is 12.1 Å². The number of aromatic hydroxyl groups is 1. The molecule has 0 saturated heterocycles. The van der Waals surface area contributed by atoms with Crippen LogP contribution in [-0.4, -0.2) is 30.9 Å². The molecule has 6 nitrogen and oxygen atoms in total. The molecule has 1 amide bonds. The highest BCUT2D eigenvalue weighted by molar-refractivity contribution is 9.11. The van der Waals surface area contributed by atoms with E-state index in [0.29, 0.717) is 17.1 Å². The summed E-state index contributed by atoms with van der Waals surface area (Å²) in [5.41, 5.74) is 4.44. The van der Waals surface area contributed by atoms with Crippen LogP contribution < -0.4 is 14.9 Å². The summed E-state index contributed by atoms with van der Waals surface area (Å²) in [7, 11) is 1.46. The van der Waals surface area contributed by atoms with Gasteiger partial charge in [-0.2, -0.15) is 5.10 Å². The van der Waals surface area contributed by atoms with Crippen LogP contribution in [0.1, 0.15) is 52.2 Å². The fourth-order valence-corrected chi connectivity index (χ4v) is 5.06. The number of hydrogen-bond acceptors (Lipinski definition) is 5. The molecule has 2 N–H and O–H groups in total. The molecule has 0 aliphatic carbocycles. The van der Waals surface area contributed by atoms with Gasteiger partial charge in [-0.05, 0) is 90.6 Å². The lowest BCUT2D eigenvalue weighted by atomic mass is 9.72. The number of phenols is 1. The van der Waals surface area contributed by atoms with Crippen LogP contribution in [0.4, 0.5) is 0 Å². The first-order valence-corrected chi connectivity index (χ1v) is 11.7. The van der Waals surface area contributed by atoms with Crippen molar-refractivity contribution in [3.63, 3.8) is 0 Å². The van der Waals surface area contributed by atoms with Crippen LogP contribution in [0, 0.1) is 5.41 Å². The zero-order valence-electron chi connectivity index (χ0n) is 19.3. The van der Waals surface area contributed by atoms with E-state index < -0.39 is 5.91 Å². The highest BCUT2D eigenvalue weighted by Crippen LogP contribution is 2.42. The zero-order valence-corrected chi connectivity index (χ0v) is 22.4. The standard InChI is InChI=1S/C24H30Br2N2O4/c1-23(2,3)14-24(4,5)16-10-17(25)22(18(26)11-16)32-13-21(30)28-27-12-15-7-8-19(29)20(9-15)31-6/h7-12,29H,13-14H2,1-6H3,(H,28,30)/b27-12-. The third-order valence-electron chi connectivity index (χ3n) is 4.71. The Balaban J connectivity index is 2.00.